The van der Waals surface area contributed by atoms with Gasteiger partial charge in [0.05, 0.1) is 10.0 Å². The Morgan fingerprint density at radius 3 is 2.47 bits per heavy atom. The van der Waals surface area contributed by atoms with E-state index in [1.54, 1.807) is 0 Å². The van der Waals surface area contributed by atoms with Crippen molar-refractivity contribution in [2.24, 2.45) is 5.92 Å². The third kappa shape index (κ3) is 3.45. The fourth-order valence-electron chi connectivity index (χ4n) is 3.07. The van der Waals surface area contributed by atoms with Gasteiger partial charge in [-0.3, -0.25) is 0 Å². The lowest BCUT2D eigenvalue weighted by atomic mass is 9.67. The Morgan fingerprint density at radius 2 is 1.89 bits per heavy atom. The number of likely N-dealkylation sites (N-methyl/N-ethyl adjacent to an activating group) is 1. The maximum absolute atomic E-state index is 6.21. The van der Waals surface area contributed by atoms with E-state index in [1.807, 2.05) is 6.07 Å². The van der Waals surface area contributed by atoms with Crippen molar-refractivity contribution in [3.63, 3.8) is 0 Å². The molecule has 0 saturated heterocycles. The topological polar surface area (TPSA) is 12.0 Å². The van der Waals surface area contributed by atoms with Crippen molar-refractivity contribution in [3.8, 4) is 0 Å². The highest BCUT2D eigenvalue weighted by molar-refractivity contribution is 6.42. The van der Waals surface area contributed by atoms with Crippen LogP contribution in [0.3, 0.4) is 0 Å². The van der Waals surface area contributed by atoms with Crippen LogP contribution in [-0.4, -0.2) is 13.1 Å². The van der Waals surface area contributed by atoms with Gasteiger partial charge in [0, 0.05) is 12.0 Å². The maximum Gasteiger partial charge on any atom is 0.0595 e. The summed E-state index contributed by atoms with van der Waals surface area (Å²) in [6.07, 6.45) is 5.07. The van der Waals surface area contributed by atoms with Crippen molar-refractivity contribution in [2.45, 2.75) is 44.9 Å². The lowest BCUT2D eigenvalue weighted by Gasteiger charge is -2.40. The van der Waals surface area contributed by atoms with Gasteiger partial charge in [0.25, 0.3) is 0 Å². The van der Waals surface area contributed by atoms with E-state index in [-0.39, 0.29) is 5.41 Å². The second-order valence-corrected chi connectivity index (χ2v) is 6.69. The maximum atomic E-state index is 6.21. The Bertz CT molecular complexity index is 417. The molecule has 2 rings (SSSR count). The van der Waals surface area contributed by atoms with Gasteiger partial charge >= 0.3 is 0 Å². The minimum Gasteiger partial charge on any atom is -0.316 e. The standard InChI is InChI=1S/C16H23Cl2N/c1-3-19-11-16(8-6-12(2)7-9-16)13-4-5-14(17)15(18)10-13/h4-5,10,12,19H,3,6-9,11H2,1-2H3. The molecule has 1 aliphatic carbocycles. The zero-order valence-electron chi connectivity index (χ0n) is 11.8. The van der Waals surface area contributed by atoms with Crippen LogP contribution in [0.25, 0.3) is 0 Å². The molecular formula is C16H23Cl2N. The minimum absolute atomic E-state index is 0.233. The second-order valence-electron chi connectivity index (χ2n) is 5.87. The Labute approximate surface area is 126 Å². The molecule has 1 aromatic carbocycles. The van der Waals surface area contributed by atoms with Crippen molar-refractivity contribution < 1.29 is 0 Å². The van der Waals surface area contributed by atoms with Gasteiger partial charge in [-0.2, -0.15) is 0 Å². The molecule has 1 saturated carbocycles. The molecule has 0 spiro atoms. The van der Waals surface area contributed by atoms with Crippen LogP contribution < -0.4 is 5.32 Å². The van der Waals surface area contributed by atoms with E-state index in [4.69, 9.17) is 23.2 Å². The molecule has 1 nitrogen and oxygen atoms in total. The zero-order valence-corrected chi connectivity index (χ0v) is 13.3. The first-order valence-corrected chi connectivity index (χ1v) is 7.99. The van der Waals surface area contributed by atoms with E-state index < -0.39 is 0 Å². The molecule has 0 atom stereocenters. The zero-order chi connectivity index (χ0) is 13.9. The molecule has 0 heterocycles. The molecule has 1 aliphatic rings. The average Bonchev–Trinajstić information content (AvgIpc) is 2.42. The molecule has 19 heavy (non-hydrogen) atoms. The summed E-state index contributed by atoms with van der Waals surface area (Å²) in [6, 6.07) is 6.16. The Balaban J connectivity index is 2.28. The molecule has 0 bridgehead atoms. The molecule has 106 valence electrons. The van der Waals surface area contributed by atoms with Crippen LogP contribution >= 0.6 is 23.2 Å². The Morgan fingerprint density at radius 1 is 1.21 bits per heavy atom. The molecule has 0 aromatic heterocycles. The largest absolute Gasteiger partial charge is 0.316 e. The number of halogens is 2. The predicted octanol–water partition coefficient (Wildman–Crippen LogP) is 5.05. The lowest BCUT2D eigenvalue weighted by molar-refractivity contribution is 0.235. The van der Waals surface area contributed by atoms with Gasteiger partial charge in [0.1, 0.15) is 0 Å². The van der Waals surface area contributed by atoms with Gasteiger partial charge in [-0.1, -0.05) is 43.1 Å². The molecular weight excluding hydrogens is 277 g/mol. The van der Waals surface area contributed by atoms with E-state index in [0.29, 0.717) is 10.0 Å². The van der Waals surface area contributed by atoms with Gasteiger partial charge in [-0.05, 0) is 55.8 Å². The third-order valence-electron chi connectivity index (χ3n) is 4.48. The summed E-state index contributed by atoms with van der Waals surface area (Å²) >= 11 is 12.3. The van der Waals surface area contributed by atoms with E-state index in [9.17, 15) is 0 Å². The van der Waals surface area contributed by atoms with Crippen molar-refractivity contribution in [3.05, 3.63) is 33.8 Å². The van der Waals surface area contributed by atoms with Crippen LogP contribution in [-0.2, 0) is 5.41 Å². The summed E-state index contributed by atoms with van der Waals surface area (Å²) in [6.45, 7) is 6.56. The SMILES string of the molecule is CCNCC1(c2ccc(Cl)c(Cl)c2)CCC(C)CC1. The molecule has 1 aromatic rings. The van der Waals surface area contributed by atoms with Crippen molar-refractivity contribution in [1.82, 2.24) is 5.32 Å². The summed E-state index contributed by atoms with van der Waals surface area (Å²) in [5.74, 6) is 0.845. The first-order chi connectivity index (χ1) is 9.07. The second kappa shape index (κ2) is 6.47. The van der Waals surface area contributed by atoms with Crippen LogP contribution in [0.15, 0.2) is 18.2 Å². The first kappa shape index (κ1) is 15.2. The summed E-state index contributed by atoms with van der Waals surface area (Å²) in [5, 5.41) is 4.85. The first-order valence-electron chi connectivity index (χ1n) is 7.23. The van der Waals surface area contributed by atoms with E-state index in [2.05, 4.69) is 31.3 Å². The highest BCUT2D eigenvalue weighted by atomic mass is 35.5. The summed E-state index contributed by atoms with van der Waals surface area (Å²) < 4.78 is 0. The predicted molar refractivity (Wildman–Crippen MR) is 84.3 cm³/mol. The van der Waals surface area contributed by atoms with Crippen LogP contribution in [0.4, 0.5) is 0 Å². The molecule has 0 unspecified atom stereocenters. The van der Waals surface area contributed by atoms with Crippen molar-refractivity contribution >= 4 is 23.2 Å². The fraction of sp³-hybridized carbons (Fsp3) is 0.625. The average molecular weight is 300 g/mol. The molecule has 1 fully saturated rings. The Hall–Kier alpha value is -0.240. The van der Waals surface area contributed by atoms with Crippen LogP contribution in [0.1, 0.15) is 45.1 Å². The summed E-state index contributed by atoms with van der Waals surface area (Å²) in [7, 11) is 0. The van der Waals surface area contributed by atoms with Gasteiger partial charge in [0.15, 0.2) is 0 Å². The van der Waals surface area contributed by atoms with Crippen LogP contribution in [0.5, 0.6) is 0 Å². The number of hydrogen-bond acceptors (Lipinski definition) is 1. The molecule has 1 N–H and O–H groups in total. The van der Waals surface area contributed by atoms with Crippen LogP contribution in [0.2, 0.25) is 10.0 Å². The van der Waals surface area contributed by atoms with Gasteiger partial charge < -0.3 is 5.32 Å². The number of benzene rings is 1. The molecule has 0 radical (unpaired) electrons. The molecule has 0 amide bonds. The number of nitrogens with one attached hydrogen (secondary N) is 1. The highest BCUT2D eigenvalue weighted by Gasteiger charge is 2.35. The number of rotatable bonds is 4. The van der Waals surface area contributed by atoms with Gasteiger partial charge in [-0.25, -0.2) is 0 Å². The Kier molecular flexibility index (Phi) is 5.16. The van der Waals surface area contributed by atoms with Crippen LogP contribution in [0, 0.1) is 5.92 Å². The number of hydrogen-bond donors (Lipinski definition) is 1. The van der Waals surface area contributed by atoms with E-state index >= 15 is 0 Å². The van der Waals surface area contributed by atoms with Crippen molar-refractivity contribution in [2.75, 3.05) is 13.1 Å². The minimum atomic E-state index is 0.233. The normalized spacial score (nSPS) is 27.5. The fourth-order valence-corrected chi connectivity index (χ4v) is 3.37. The van der Waals surface area contributed by atoms with E-state index in [0.717, 1.165) is 19.0 Å². The monoisotopic (exact) mass is 299 g/mol. The van der Waals surface area contributed by atoms with Gasteiger partial charge in [-0.15, -0.1) is 0 Å². The molecule has 3 heteroatoms. The lowest BCUT2D eigenvalue weighted by Crippen LogP contribution is -2.41. The van der Waals surface area contributed by atoms with E-state index in [1.165, 1.54) is 31.2 Å². The quantitative estimate of drug-likeness (QED) is 0.820. The van der Waals surface area contributed by atoms with Gasteiger partial charge in [0.2, 0.25) is 0 Å². The third-order valence-corrected chi connectivity index (χ3v) is 5.22. The smallest absolute Gasteiger partial charge is 0.0595 e. The molecule has 0 aliphatic heterocycles. The summed E-state index contributed by atoms with van der Waals surface area (Å²) in [4.78, 5) is 0. The van der Waals surface area contributed by atoms with Crippen molar-refractivity contribution in [1.29, 1.82) is 0 Å². The summed E-state index contributed by atoms with van der Waals surface area (Å²) in [5.41, 5.74) is 1.58. The highest BCUT2D eigenvalue weighted by Crippen LogP contribution is 2.42.